The molecule has 2 rings (SSSR count). The van der Waals surface area contributed by atoms with Gasteiger partial charge in [0.05, 0.1) is 10.4 Å². The summed E-state index contributed by atoms with van der Waals surface area (Å²) in [5.41, 5.74) is 0. The van der Waals surface area contributed by atoms with E-state index in [1.54, 1.807) is 0 Å². The Labute approximate surface area is 104 Å². The molecule has 86 valence electrons. The molecule has 1 aromatic rings. The molecule has 1 fully saturated rings. The summed E-state index contributed by atoms with van der Waals surface area (Å²) in [6.07, 6.45) is 5.50. The minimum atomic E-state index is -0.0772. The molecule has 16 heavy (non-hydrogen) atoms. The van der Waals surface area contributed by atoms with Crippen LogP contribution in [0.5, 0.6) is 5.75 Å². The number of carbonyl (C=O) groups excluding carboxylic acids is 1. The molecule has 0 amide bonds. The van der Waals surface area contributed by atoms with Crippen LogP contribution in [0.1, 0.15) is 32.1 Å². The first kappa shape index (κ1) is 11.6. The van der Waals surface area contributed by atoms with Crippen molar-refractivity contribution in [1.82, 2.24) is 0 Å². The number of hydrogen-bond acceptors (Lipinski definition) is 2. The van der Waals surface area contributed by atoms with Crippen molar-refractivity contribution in [3.8, 4) is 5.75 Å². The minimum absolute atomic E-state index is 0.0772. The lowest BCUT2D eigenvalue weighted by Crippen LogP contribution is -2.22. The first-order chi connectivity index (χ1) is 7.77. The first-order valence-corrected chi connectivity index (χ1v) is 6.53. The highest BCUT2D eigenvalue weighted by molar-refractivity contribution is 9.10. The van der Waals surface area contributed by atoms with Crippen LogP contribution in [-0.4, -0.2) is 5.97 Å². The molecule has 0 aliphatic heterocycles. The number of carbonyl (C=O) groups is 1. The highest BCUT2D eigenvalue weighted by atomic mass is 79.9. The van der Waals surface area contributed by atoms with Crippen LogP contribution in [0.15, 0.2) is 28.7 Å². The number of esters is 1. The third kappa shape index (κ3) is 2.85. The van der Waals surface area contributed by atoms with Crippen molar-refractivity contribution < 1.29 is 9.53 Å². The van der Waals surface area contributed by atoms with Crippen molar-refractivity contribution in [2.45, 2.75) is 32.1 Å². The van der Waals surface area contributed by atoms with E-state index in [1.807, 2.05) is 24.3 Å². The standard InChI is InChI=1S/C13H15BrO2/c14-11-8-4-5-9-12(11)16-13(15)10-6-2-1-3-7-10/h4-5,8-10H,1-3,6-7H2. The molecule has 0 atom stereocenters. The lowest BCUT2D eigenvalue weighted by Gasteiger charge is -2.19. The summed E-state index contributed by atoms with van der Waals surface area (Å²) in [6.45, 7) is 0. The topological polar surface area (TPSA) is 26.3 Å². The molecule has 1 aliphatic rings. The van der Waals surface area contributed by atoms with Gasteiger partial charge in [-0.1, -0.05) is 31.4 Å². The molecule has 3 heteroatoms. The van der Waals surface area contributed by atoms with Crippen LogP contribution < -0.4 is 4.74 Å². The van der Waals surface area contributed by atoms with Gasteiger partial charge < -0.3 is 4.74 Å². The van der Waals surface area contributed by atoms with Gasteiger partial charge in [-0.15, -0.1) is 0 Å². The van der Waals surface area contributed by atoms with Crippen molar-refractivity contribution >= 4 is 21.9 Å². The second-order valence-corrected chi connectivity index (χ2v) is 5.04. The quantitative estimate of drug-likeness (QED) is 0.607. The summed E-state index contributed by atoms with van der Waals surface area (Å²) < 4.78 is 6.23. The molecule has 0 saturated heterocycles. The van der Waals surface area contributed by atoms with Crippen LogP contribution in [0, 0.1) is 5.92 Å². The molecule has 0 heterocycles. The SMILES string of the molecule is O=C(Oc1ccccc1Br)C1CCCCC1. The van der Waals surface area contributed by atoms with E-state index in [9.17, 15) is 4.79 Å². The molecule has 0 radical (unpaired) electrons. The van der Waals surface area contributed by atoms with Gasteiger partial charge >= 0.3 is 5.97 Å². The zero-order valence-corrected chi connectivity index (χ0v) is 10.7. The highest BCUT2D eigenvalue weighted by Gasteiger charge is 2.23. The average molecular weight is 283 g/mol. The summed E-state index contributed by atoms with van der Waals surface area (Å²) in [5, 5.41) is 0. The van der Waals surface area contributed by atoms with Crippen molar-refractivity contribution in [3.63, 3.8) is 0 Å². The Morgan fingerprint density at radius 1 is 1.19 bits per heavy atom. The summed E-state index contributed by atoms with van der Waals surface area (Å²) in [5.74, 6) is 0.644. The monoisotopic (exact) mass is 282 g/mol. The fourth-order valence-electron chi connectivity index (χ4n) is 2.06. The van der Waals surface area contributed by atoms with Crippen LogP contribution in [-0.2, 0) is 4.79 Å². The predicted molar refractivity (Wildman–Crippen MR) is 66.4 cm³/mol. The van der Waals surface area contributed by atoms with Gasteiger partial charge in [0, 0.05) is 0 Å². The Balaban J connectivity index is 1.99. The van der Waals surface area contributed by atoms with E-state index in [1.165, 1.54) is 6.42 Å². The molecular weight excluding hydrogens is 268 g/mol. The van der Waals surface area contributed by atoms with E-state index in [2.05, 4.69) is 15.9 Å². The molecule has 1 saturated carbocycles. The Morgan fingerprint density at radius 2 is 1.88 bits per heavy atom. The van der Waals surface area contributed by atoms with Crippen molar-refractivity contribution in [2.24, 2.45) is 5.92 Å². The molecule has 0 bridgehead atoms. The molecule has 0 unspecified atom stereocenters. The maximum absolute atomic E-state index is 11.9. The van der Waals surface area contributed by atoms with E-state index in [0.29, 0.717) is 5.75 Å². The summed E-state index contributed by atoms with van der Waals surface area (Å²) in [7, 11) is 0. The molecule has 1 aromatic carbocycles. The average Bonchev–Trinajstić information content (AvgIpc) is 2.33. The van der Waals surface area contributed by atoms with Gasteiger partial charge in [-0.3, -0.25) is 4.79 Å². The summed E-state index contributed by atoms with van der Waals surface area (Å²) in [6, 6.07) is 7.46. The first-order valence-electron chi connectivity index (χ1n) is 5.73. The second-order valence-electron chi connectivity index (χ2n) is 4.19. The highest BCUT2D eigenvalue weighted by Crippen LogP contribution is 2.28. The van der Waals surface area contributed by atoms with E-state index in [4.69, 9.17) is 4.74 Å². The fraction of sp³-hybridized carbons (Fsp3) is 0.462. The van der Waals surface area contributed by atoms with Crippen LogP contribution in [0.4, 0.5) is 0 Å². The van der Waals surface area contributed by atoms with E-state index in [-0.39, 0.29) is 11.9 Å². The predicted octanol–water partition coefficient (Wildman–Crippen LogP) is 3.93. The zero-order valence-electron chi connectivity index (χ0n) is 9.12. The number of hydrogen-bond donors (Lipinski definition) is 0. The van der Waals surface area contributed by atoms with E-state index < -0.39 is 0 Å². The van der Waals surface area contributed by atoms with Gasteiger partial charge in [0.1, 0.15) is 5.75 Å². The Hall–Kier alpha value is -0.830. The maximum Gasteiger partial charge on any atom is 0.314 e. The zero-order chi connectivity index (χ0) is 11.4. The summed E-state index contributed by atoms with van der Waals surface area (Å²) in [4.78, 5) is 11.9. The number of halogens is 1. The van der Waals surface area contributed by atoms with Gasteiger partial charge in [-0.2, -0.15) is 0 Å². The largest absolute Gasteiger partial charge is 0.425 e. The Kier molecular flexibility index (Phi) is 3.99. The van der Waals surface area contributed by atoms with Gasteiger partial charge in [-0.25, -0.2) is 0 Å². The molecule has 1 aliphatic carbocycles. The van der Waals surface area contributed by atoms with Crippen molar-refractivity contribution in [2.75, 3.05) is 0 Å². The molecule has 0 N–H and O–H groups in total. The van der Waals surface area contributed by atoms with E-state index in [0.717, 1.165) is 30.2 Å². The molecule has 0 spiro atoms. The Bertz CT molecular complexity index is 370. The number of para-hydroxylation sites is 1. The number of benzene rings is 1. The van der Waals surface area contributed by atoms with Crippen LogP contribution in [0.3, 0.4) is 0 Å². The van der Waals surface area contributed by atoms with Crippen molar-refractivity contribution in [1.29, 1.82) is 0 Å². The number of ether oxygens (including phenoxy) is 1. The third-order valence-corrected chi connectivity index (χ3v) is 3.64. The summed E-state index contributed by atoms with van der Waals surface area (Å²) >= 11 is 3.37. The van der Waals surface area contributed by atoms with E-state index >= 15 is 0 Å². The number of rotatable bonds is 2. The minimum Gasteiger partial charge on any atom is -0.425 e. The van der Waals surface area contributed by atoms with Crippen LogP contribution >= 0.6 is 15.9 Å². The maximum atomic E-state index is 11.9. The van der Waals surface area contributed by atoms with Crippen molar-refractivity contribution in [3.05, 3.63) is 28.7 Å². The van der Waals surface area contributed by atoms with Gasteiger partial charge in [-0.05, 0) is 40.9 Å². The Morgan fingerprint density at radius 3 is 2.56 bits per heavy atom. The second kappa shape index (κ2) is 5.48. The molecule has 2 nitrogen and oxygen atoms in total. The third-order valence-electron chi connectivity index (χ3n) is 2.99. The molecular formula is C13H15BrO2. The lowest BCUT2D eigenvalue weighted by atomic mass is 9.89. The van der Waals surface area contributed by atoms with Gasteiger partial charge in [0.15, 0.2) is 0 Å². The van der Waals surface area contributed by atoms with Crippen LogP contribution in [0.2, 0.25) is 0 Å². The normalized spacial score (nSPS) is 17.1. The van der Waals surface area contributed by atoms with Crippen LogP contribution in [0.25, 0.3) is 0 Å². The lowest BCUT2D eigenvalue weighted by molar-refractivity contribution is -0.140. The van der Waals surface area contributed by atoms with Gasteiger partial charge in [0.2, 0.25) is 0 Å². The van der Waals surface area contributed by atoms with Gasteiger partial charge in [0.25, 0.3) is 0 Å². The smallest absolute Gasteiger partial charge is 0.314 e. The molecule has 0 aromatic heterocycles. The fourth-order valence-corrected chi connectivity index (χ4v) is 2.42.